The van der Waals surface area contributed by atoms with E-state index in [0.29, 0.717) is 12.1 Å². The summed E-state index contributed by atoms with van der Waals surface area (Å²) in [6.07, 6.45) is 4.76. The highest BCUT2D eigenvalue weighted by Crippen LogP contribution is 1.99. The van der Waals surface area contributed by atoms with Crippen molar-refractivity contribution >= 4 is 15.9 Å². The number of aromatic nitrogens is 2. The lowest BCUT2D eigenvalue weighted by Gasteiger charge is -2.04. The summed E-state index contributed by atoms with van der Waals surface area (Å²) in [4.78, 5) is 24.7. The van der Waals surface area contributed by atoms with Crippen LogP contribution in [-0.4, -0.2) is 14.9 Å². The summed E-state index contributed by atoms with van der Waals surface area (Å²) in [5.41, 5.74) is -0.0313. The molecule has 1 N–H and O–H groups in total. The second-order valence-corrected chi connectivity index (χ2v) is 4.31. The predicted molar refractivity (Wildman–Crippen MR) is 63.7 cm³/mol. The standard InChI is InChI=1S/C10H15BrN2O2/c1-8-7-13(6-4-2-3-5-11)10(15)12-9(8)14/h7H,2-6H2,1H3,(H,12,14,15). The molecule has 0 fully saturated rings. The molecule has 1 aromatic heterocycles. The Morgan fingerprint density at radius 2 is 2.07 bits per heavy atom. The molecular formula is C10H15BrN2O2. The second kappa shape index (κ2) is 5.90. The van der Waals surface area contributed by atoms with Gasteiger partial charge in [0.15, 0.2) is 0 Å². The van der Waals surface area contributed by atoms with Crippen molar-refractivity contribution in [1.29, 1.82) is 0 Å². The van der Waals surface area contributed by atoms with Gasteiger partial charge in [0.1, 0.15) is 0 Å². The highest BCUT2D eigenvalue weighted by molar-refractivity contribution is 9.09. The molecule has 1 rings (SSSR count). The molecule has 0 saturated heterocycles. The van der Waals surface area contributed by atoms with Gasteiger partial charge in [-0.2, -0.15) is 0 Å². The van der Waals surface area contributed by atoms with Crippen LogP contribution in [0.15, 0.2) is 15.8 Å². The van der Waals surface area contributed by atoms with Crippen molar-refractivity contribution in [2.24, 2.45) is 0 Å². The van der Waals surface area contributed by atoms with E-state index in [1.165, 1.54) is 0 Å². The van der Waals surface area contributed by atoms with E-state index in [4.69, 9.17) is 0 Å². The molecule has 15 heavy (non-hydrogen) atoms. The van der Waals surface area contributed by atoms with Crippen LogP contribution in [0.4, 0.5) is 0 Å². The molecule has 4 nitrogen and oxygen atoms in total. The van der Waals surface area contributed by atoms with E-state index in [-0.39, 0.29) is 11.2 Å². The van der Waals surface area contributed by atoms with Gasteiger partial charge in [-0.15, -0.1) is 0 Å². The van der Waals surface area contributed by atoms with E-state index in [1.807, 2.05) is 0 Å². The zero-order valence-electron chi connectivity index (χ0n) is 8.75. The number of unbranched alkanes of at least 4 members (excludes halogenated alkanes) is 2. The van der Waals surface area contributed by atoms with Crippen LogP contribution in [-0.2, 0) is 6.54 Å². The molecule has 0 aliphatic heterocycles. The summed E-state index contributed by atoms with van der Waals surface area (Å²) in [5, 5.41) is 0.993. The van der Waals surface area contributed by atoms with Crippen molar-refractivity contribution in [2.75, 3.05) is 5.33 Å². The summed E-state index contributed by atoms with van der Waals surface area (Å²) in [5.74, 6) is 0. The topological polar surface area (TPSA) is 54.9 Å². The molecule has 0 aromatic carbocycles. The van der Waals surface area contributed by atoms with Crippen molar-refractivity contribution < 1.29 is 0 Å². The van der Waals surface area contributed by atoms with Gasteiger partial charge >= 0.3 is 5.69 Å². The average molecular weight is 275 g/mol. The van der Waals surface area contributed by atoms with E-state index in [0.717, 1.165) is 24.6 Å². The Labute approximate surface area is 96.5 Å². The number of rotatable bonds is 5. The number of H-pyrrole nitrogens is 1. The highest BCUT2D eigenvalue weighted by Gasteiger charge is 1.99. The third-order valence-corrected chi connectivity index (χ3v) is 2.78. The number of alkyl halides is 1. The molecule has 1 aromatic rings. The first kappa shape index (κ1) is 12.2. The van der Waals surface area contributed by atoms with E-state index < -0.39 is 0 Å². The van der Waals surface area contributed by atoms with E-state index in [2.05, 4.69) is 20.9 Å². The smallest absolute Gasteiger partial charge is 0.300 e. The number of halogens is 1. The summed E-state index contributed by atoms with van der Waals surface area (Å²) < 4.78 is 1.56. The van der Waals surface area contributed by atoms with Crippen LogP contribution in [0.25, 0.3) is 0 Å². The van der Waals surface area contributed by atoms with Crippen LogP contribution >= 0.6 is 15.9 Å². The molecule has 0 aliphatic rings. The lowest BCUT2D eigenvalue weighted by molar-refractivity contribution is 0.574. The van der Waals surface area contributed by atoms with Gasteiger partial charge in [0.05, 0.1) is 0 Å². The minimum Gasteiger partial charge on any atom is -0.300 e. The van der Waals surface area contributed by atoms with E-state index in [1.54, 1.807) is 17.7 Å². The Hall–Kier alpha value is -0.840. The van der Waals surface area contributed by atoms with Crippen LogP contribution in [0.2, 0.25) is 0 Å². The Balaban J connectivity index is 2.66. The zero-order valence-corrected chi connectivity index (χ0v) is 10.3. The first-order chi connectivity index (χ1) is 7.15. The maximum Gasteiger partial charge on any atom is 0.328 e. The molecule has 0 saturated carbocycles. The Bertz CT molecular complexity index is 422. The number of hydrogen-bond donors (Lipinski definition) is 1. The van der Waals surface area contributed by atoms with Crippen molar-refractivity contribution in [3.8, 4) is 0 Å². The lowest BCUT2D eigenvalue weighted by Crippen LogP contribution is -2.30. The van der Waals surface area contributed by atoms with Crippen LogP contribution in [0.1, 0.15) is 24.8 Å². The maximum atomic E-state index is 11.4. The molecule has 1 heterocycles. The molecule has 0 spiro atoms. The molecule has 0 unspecified atom stereocenters. The number of aryl methyl sites for hydroxylation is 2. The van der Waals surface area contributed by atoms with Gasteiger partial charge in [-0.1, -0.05) is 22.4 Å². The van der Waals surface area contributed by atoms with Gasteiger partial charge in [-0.25, -0.2) is 4.79 Å². The van der Waals surface area contributed by atoms with Gasteiger partial charge in [-0.3, -0.25) is 9.78 Å². The van der Waals surface area contributed by atoms with Crippen molar-refractivity contribution in [3.05, 3.63) is 32.6 Å². The summed E-state index contributed by atoms with van der Waals surface area (Å²) in [6.45, 7) is 2.37. The number of aromatic amines is 1. The van der Waals surface area contributed by atoms with Crippen LogP contribution in [0.5, 0.6) is 0 Å². The van der Waals surface area contributed by atoms with Crippen LogP contribution in [0, 0.1) is 6.92 Å². The maximum absolute atomic E-state index is 11.4. The van der Waals surface area contributed by atoms with E-state index in [9.17, 15) is 9.59 Å². The predicted octanol–water partition coefficient (Wildman–Crippen LogP) is 1.41. The Morgan fingerprint density at radius 3 is 2.73 bits per heavy atom. The molecule has 5 heteroatoms. The van der Waals surface area contributed by atoms with Crippen LogP contribution < -0.4 is 11.2 Å². The Kier molecular flexibility index (Phi) is 4.81. The van der Waals surface area contributed by atoms with Crippen LogP contribution in [0.3, 0.4) is 0 Å². The monoisotopic (exact) mass is 274 g/mol. The van der Waals surface area contributed by atoms with E-state index >= 15 is 0 Å². The average Bonchev–Trinajstić information content (AvgIpc) is 2.20. The summed E-state index contributed by atoms with van der Waals surface area (Å²) >= 11 is 3.36. The Morgan fingerprint density at radius 1 is 1.33 bits per heavy atom. The van der Waals surface area contributed by atoms with Gasteiger partial charge in [0.25, 0.3) is 5.56 Å². The zero-order chi connectivity index (χ0) is 11.3. The molecule has 0 radical (unpaired) electrons. The second-order valence-electron chi connectivity index (χ2n) is 3.51. The quantitative estimate of drug-likeness (QED) is 0.652. The summed E-state index contributed by atoms with van der Waals surface area (Å²) in [7, 11) is 0. The fraction of sp³-hybridized carbons (Fsp3) is 0.600. The minimum atomic E-state index is -0.315. The van der Waals surface area contributed by atoms with Crippen molar-refractivity contribution in [1.82, 2.24) is 9.55 Å². The molecule has 0 amide bonds. The fourth-order valence-corrected chi connectivity index (χ4v) is 1.73. The highest BCUT2D eigenvalue weighted by atomic mass is 79.9. The fourth-order valence-electron chi connectivity index (χ4n) is 1.34. The lowest BCUT2D eigenvalue weighted by atomic mass is 10.2. The third kappa shape index (κ3) is 3.66. The molecule has 0 aliphatic carbocycles. The normalized spacial score (nSPS) is 10.5. The van der Waals surface area contributed by atoms with Gasteiger partial charge in [0, 0.05) is 23.6 Å². The summed E-state index contributed by atoms with van der Waals surface area (Å²) in [6, 6.07) is 0. The minimum absolute atomic E-state index is 0.295. The van der Waals surface area contributed by atoms with Gasteiger partial charge in [-0.05, 0) is 19.8 Å². The number of nitrogens with zero attached hydrogens (tertiary/aromatic N) is 1. The van der Waals surface area contributed by atoms with Gasteiger partial charge < -0.3 is 4.57 Å². The molecular weight excluding hydrogens is 260 g/mol. The largest absolute Gasteiger partial charge is 0.328 e. The molecule has 84 valence electrons. The van der Waals surface area contributed by atoms with Crippen molar-refractivity contribution in [2.45, 2.75) is 32.7 Å². The molecule has 0 atom stereocenters. The first-order valence-electron chi connectivity index (χ1n) is 5.01. The van der Waals surface area contributed by atoms with Gasteiger partial charge in [0.2, 0.25) is 0 Å². The first-order valence-corrected chi connectivity index (χ1v) is 6.13. The number of hydrogen-bond acceptors (Lipinski definition) is 2. The molecule has 0 bridgehead atoms. The third-order valence-electron chi connectivity index (χ3n) is 2.22. The number of nitrogens with one attached hydrogen (secondary N) is 1. The van der Waals surface area contributed by atoms with Crippen molar-refractivity contribution in [3.63, 3.8) is 0 Å². The SMILES string of the molecule is Cc1cn(CCCCCBr)c(=O)[nH]c1=O.